The number of nitrogens with zero attached hydrogens (tertiary/aromatic N) is 1. The van der Waals surface area contributed by atoms with Crippen molar-refractivity contribution < 1.29 is 4.57 Å². The van der Waals surface area contributed by atoms with Gasteiger partial charge in [0.2, 0.25) is 0 Å². The number of pyridine rings is 1. The zero-order valence-corrected chi connectivity index (χ0v) is 10.9. The van der Waals surface area contributed by atoms with E-state index in [-0.39, 0.29) is 0 Å². The van der Waals surface area contributed by atoms with Crippen LogP contribution in [0.4, 0.5) is 0 Å². The van der Waals surface area contributed by atoms with Gasteiger partial charge in [-0.05, 0) is 18.4 Å². The highest BCUT2D eigenvalue weighted by Gasteiger charge is 1.99. The average Bonchev–Trinajstić information content (AvgIpc) is 2.33. The van der Waals surface area contributed by atoms with E-state index in [1.807, 2.05) is 0 Å². The summed E-state index contributed by atoms with van der Waals surface area (Å²) >= 11 is 0. The first kappa shape index (κ1) is 13.2. The average molecular weight is 220 g/mol. The molecule has 1 aromatic rings. The lowest BCUT2D eigenvalue weighted by atomic mass is 10.1. The maximum absolute atomic E-state index is 2.29. The molecule has 0 aliphatic carbocycles. The highest BCUT2D eigenvalue weighted by atomic mass is 14.9. The predicted molar refractivity (Wildman–Crippen MR) is 69.4 cm³/mol. The van der Waals surface area contributed by atoms with Gasteiger partial charge in [0.1, 0.15) is 6.54 Å². The van der Waals surface area contributed by atoms with Gasteiger partial charge in [-0.1, -0.05) is 39.5 Å². The summed E-state index contributed by atoms with van der Waals surface area (Å²) in [5.74, 6) is 0. The Balaban J connectivity index is 2.27. The molecule has 0 aliphatic heterocycles. The van der Waals surface area contributed by atoms with E-state index in [0.717, 1.165) is 6.54 Å². The van der Waals surface area contributed by atoms with Crippen LogP contribution in [0, 0.1) is 0 Å². The van der Waals surface area contributed by atoms with Gasteiger partial charge in [-0.3, -0.25) is 0 Å². The highest BCUT2D eigenvalue weighted by molar-refractivity contribution is 5.07. The summed E-state index contributed by atoms with van der Waals surface area (Å²) in [6, 6.07) is 4.56. The molecule has 0 aromatic carbocycles. The number of hydrogen-bond donors (Lipinski definition) is 0. The molecule has 0 N–H and O–H groups in total. The summed E-state index contributed by atoms with van der Waals surface area (Å²) in [4.78, 5) is 0. The molecule has 0 fully saturated rings. The molecule has 0 unspecified atom stereocenters. The highest BCUT2D eigenvalue weighted by Crippen LogP contribution is 2.06. The van der Waals surface area contributed by atoms with Gasteiger partial charge < -0.3 is 0 Å². The third-order valence-corrected chi connectivity index (χ3v) is 3.05. The normalized spacial score (nSPS) is 10.6. The summed E-state index contributed by atoms with van der Waals surface area (Å²) in [5, 5.41) is 0. The van der Waals surface area contributed by atoms with Crippen LogP contribution in [0.5, 0.6) is 0 Å². The van der Waals surface area contributed by atoms with Crippen molar-refractivity contribution in [3.05, 3.63) is 30.1 Å². The molecule has 1 heterocycles. The summed E-state index contributed by atoms with van der Waals surface area (Å²) in [6.07, 6.45) is 13.7. The van der Waals surface area contributed by atoms with Crippen LogP contribution >= 0.6 is 0 Å². The summed E-state index contributed by atoms with van der Waals surface area (Å²) < 4.78 is 2.29. The fourth-order valence-corrected chi connectivity index (χ4v) is 1.90. The molecule has 1 heteroatoms. The monoisotopic (exact) mass is 220 g/mol. The van der Waals surface area contributed by atoms with Gasteiger partial charge in [0.25, 0.3) is 0 Å². The topological polar surface area (TPSA) is 3.88 Å². The molecular formula is C15H26N+. The molecule has 0 spiro atoms. The second-order valence-corrected chi connectivity index (χ2v) is 4.61. The third kappa shape index (κ3) is 5.29. The predicted octanol–water partition coefficient (Wildman–Crippen LogP) is 3.90. The minimum absolute atomic E-state index is 1.16. The van der Waals surface area contributed by atoms with Gasteiger partial charge in [0, 0.05) is 18.6 Å². The van der Waals surface area contributed by atoms with E-state index in [2.05, 4.69) is 42.9 Å². The van der Waals surface area contributed by atoms with Crippen LogP contribution in [0.3, 0.4) is 0 Å². The first-order valence-corrected chi connectivity index (χ1v) is 6.84. The van der Waals surface area contributed by atoms with E-state index < -0.39 is 0 Å². The lowest BCUT2D eigenvalue weighted by Gasteiger charge is -2.00. The Bertz CT molecular complexity index is 263. The van der Waals surface area contributed by atoms with Crippen LogP contribution in [-0.4, -0.2) is 0 Å². The van der Waals surface area contributed by atoms with Crippen molar-refractivity contribution in [2.45, 2.75) is 65.3 Å². The molecule has 0 aliphatic rings. The van der Waals surface area contributed by atoms with Crippen LogP contribution in [0.1, 0.15) is 57.9 Å². The van der Waals surface area contributed by atoms with Crippen LogP contribution in [0.15, 0.2) is 24.5 Å². The minimum atomic E-state index is 1.16. The van der Waals surface area contributed by atoms with Gasteiger partial charge in [-0.2, -0.15) is 0 Å². The largest absolute Gasteiger partial charge is 0.205 e. The SMILES string of the molecule is CCCCCCc1cc[n+](CCCC)cc1. The van der Waals surface area contributed by atoms with E-state index in [0.29, 0.717) is 0 Å². The summed E-state index contributed by atoms with van der Waals surface area (Å²) in [5.41, 5.74) is 1.49. The number of unbranched alkanes of at least 4 members (excludes halogenated alkanes) is 4. The van der Waals surface area contributed by atoms with Crippen LogP contribution in [0.2, 0.25) is 0 Å². The van der Waals surface area contributed by atoms with E-state index in [9.17, 15) is 0 Å². The smallest absolute Gasteiger partial charge is 0.169 e. The second-order valence-electron chi connectivity index (χ2n) is 4.61. The molecule has 0 atom stereocenters. The fraction of sp³-hybridized carbons (Fsp3) is 0.667. The Morgan fingerprint density at radius 1 is 0.875 bits per heavy atom. The van der Waals surface area contributed by atoms with Gasteiger partial charge in [-0.15, -0.1) is 0 Å². The van der Waals surface area contributed by atoms with Crippen molar-refractivity contribution in [2.75, 3.05) is 0 Å². The van der Waals surface area contributed by atoms with Crippen molar-refractivity contribution in [3.8, 4) is 0 Å². The van der Waals surface area contributed by atoms with Crippen LogP contribution in [0.25, 0.3) is 0 Å². The van der Waals surface area contributed by atoms with E-state index in [4.69, 9.17) is 0 Å². The third-order valence-electron chi connectivity index (χ3n) is 3.05. The maximum Gasteiger partial charge on any atom is 0.169 e. The lowest BCUT2D eigenvalue weighted by molar-refractivity contribution is -0.697. The quantitative estimate of drug-likeness (QED) is 0.462. The molecule has 90 valence electrons. The van der Waals surface area contributed by atoms with Crippen LogP contribution < -0.4 is 4.57 Å². The zero-order valence-electron chi connectivity index (χ0n) is 10.9. The van der Waals surface area contributed by atoms with Crippen molar-refractivity contribution in [2.24, 2.45) is 0 Å². The summed E-state index contributed by atoms with van der Waals surface area (Å²) in [6.45, 7) is 5.66. The van der Waals surface area contributed by atoms with Gasteiger partial charge in [0.05, 0.1) is 0 Å². The number of hydrogen-bond acceptors (Lipinski definition) is 0. The summed E-state index contributed by atoms with van der Waals surface area (Å²) in [7, 11) is 0. The van der Waals surface area contributed by atoms with Gasteiger partial charge in [0.15, 0.2) is 12.4 Å². The van der Waals surface area contributed by atoms with Crippen molar-refractivity contribution in [3.63, 3.8) is 0 Å². The van der Waals surface area contributed by atoms with Crippen LogP contribution in [-0.2, 0) is 13.0 Å². The van der Waals surface area contributed by atoms with Gasteiger partial charge in [-0.25, -0.2) is 4.57 Å². The van der Waals surface area contributed by atoms with E-state index in [1.54, 1.807) is 0 Å². The molecule has 0 saturated heterocycles. The van der Waals surface area contributed by atoms with Crippen molar-refractivity contribution >= 4 is 0 Å². The lowest BCUT2D eigenvalue weighted by Crippen LogP contribution is -2.32. The Kier molecular flexibility index (Phi) is 6.87. The Morgan fingerprint density at radius 3 is 2.19 bits per heavy atom. The molecule has 1 nitrogen and oxygen atoms in total. The van der Waals surface area contributed by atoms with E-state index >= 15 is 0 Å². The molecule has 1 aromatic heterocycles. The number of aryl methyl sites for hydroxylation is 2. The number of aromatic nitrogens is 1. The van der Waals surface area contributed by atoms with E-state index in [1.165, 1.54) is 50.5 Å². The molecule has 0 amide bonds. The van der Waals surface area contributed by atoms with Gasteiger partial charge >= 0.3 is 0 Å². The first-order valence-electron chi connectivity index (χ1n) is 6.84. The molecular weight excluding hydrogens is 194 g/mol. The maximum atomic E-state index is 2.29. The zero-order chi connectivity index (χ0) is 11.6. The first-order chi connectivity index (χ1) is 7.86. The fourth-order valence-electron chi connectivity index (χ4n) is 1.90. The molecule has 0 bridgehead atoms. The standard InChI is InChI=1S/C15H26N/c1-3-5-7-8-9-15-10-13-16(14-11-15)12-6-4-2/h10-11,13-14H,3-9,12H2,1-2H3/q+1. The Hall–Kier alpha value is -0.850. The molecule has 16 heavy (non-hydrogen) atoms. The molecule has 1 rings (SSSR count). The van der Waals surface area contributed by atoms with Crippen molar-refractivity contribution in [1.29, 1.82) is 0 Å². The minimum Gasteiger partial charge on any atom is -0.205 e. The Labute approximate surface area is 101 Å². The molecule has 0 radical (unpaired) electrons. The molecule has 0 saturated carbocycles. The second kappa shape index (κ2) is 8.32. The number of rotatable bonds is 8. The Morgan fingerprint density at radius 2 is 1.56 bits per heavy atom. The van der Waals surface area contributed by atoms with Crippen molar-refractivity contribution in [1.82, 2.24) is 0 Å².